The number of benzene rings is 2. The van der Waals surface area contributed by atoms with Crippen molar-refractivity contribution < 1.29 is 14.3 Å². The SMILES string of the molecule is COc1cccc(OC)c1C(=O)Nc1ccc(N(C)Cc2ccccc2)nc1. The van der Waals surface area contributed by atoms with E-state index >= 15 is 0 Å². The molecule has 1 heterocycles. The van der Waals surface area contributed by atoms with Crippen LogP contribution in [0.3, 0.4) is 0 Å². The molecule has 0 saturated carbocycles. The average molecular weight is 377 g/mol. The van der Waals surface area contributed by atoms with Gasteiger partial charge in [-0.1, -0.05) is 36.4 Å². The molecule has 0 aliphatic rings. The van der Waals surface area contributed by atoms with Crippen LogP contribution < -0.4 is 19.7 Å². The number of amides is 1. The Morgan fingerprint density at radius 3 is 2.21 bits per heavy atom. The number of nitrogens with one attached hydrogen (secondary N) is 1. The largest absolute Gasteiger partial charge is 0.496 e. The lowest BCUT2D eigenvalue weighted by Gasteiger charge is -2.18. The number of methoxy groups -OCH3 is 2. The smallest absolute Gasteiger partial charge is 0.263 e. The third-order valence-corrected chi connectivity index (χ3v) is 4.31. The summed E-state index contributed by atoms with van der Waals surface area (Å²) in [6.45, 7) is 0.748. The first-order valence-electron chi connectivity index (χ1n) is 8.86. The average Bonchev–Trinajstić information content (AvgIpc) is 2.74. The Kier molecular flexibility index (Phi) is 6.11. The van der Waals surface area contributed by atoms with Crippen molar-refractivity contribution in [2.75, 3.05) is 31.5 Å². The van der Waals surface area contributed by atoms with Crippen molar-refractivity contribution >= 4 is 17.4 Å². The molecule has 6 nitrogen and oxygen atoms in total. The lowest BCUT2D eigenvalue weighted by Crippen LogP contribution is -2.18. The van der Waals surface area contributed by atoms with Gasteiger partial charge >= 0.3 is 0 Å². The molecule has 0 unspecified atom stereocenters. The van der Waals surface area contributed by atoms with Crippen molar-refractivity contribution in [3.63, 3.8) is 0 Å². The Balaban J connectivity index is 1.72. The zero-order chi connectivity index (χ0) is 19.9. The number of rotatable bonds is 7. The van der Waals surface area contributed by atoms with Crippen LogP contribution in [0.2, 0.25) is 0 Å². The van der Waals surface area contributed by atoms with Gasteiger partial charge in [-0.2, -0.15) is 0 Å². The second-order valence-electron chi connectivity index (χ2n) is 6.24. The van der Waals surface area contributed by atoms with Gasteiger partial charge in [0.05, 0.1) is 26.1 Å². The van der Waals surface area contributed by atoms with E-state index in [9.17, 15) is 4.79 Å². The van der Waals surface area contributed by atoms with E-state index < -0.39 is 0 Å². The predicted octanol–water partition coefficient (Wildman–Crippen LogP) is 3.99. The number of aromatic nitrogens is 1. The molecule has 0 bridgehead atoms. The fourth-order valence-corrected chi connectivity index (χ4v) is 2.89. The summed E-state index contributed by atoms with van der Waals surface area (Å²) < 4.78 is 10.6. The van der Waals surface area contributed by atoms with E-state index in [1.54, 1.807) is 24.4 Å². The molecule has 0 radical (unpaired) electrons. The normalized spacial score (nSPS) is 10.2. The summed E-state index contributed by atoms with van der Waals surface area (Å²) in [4.78, 5) is 19.2. The molecule has 3 rings (SSSR count). The van der Waals surface area contributed by atoms with E-state index in [1.165, 1.54) is 19.8 Å². The molecule has 1 amide bonds. The summed E-state index contributed by atoms with van der Waals surface area (Å²) in [5, 5.41) is 2.84. The third-order valence-electron chi connectivity index (χ3n) is 4.31. The number of carbonyl (C=O) groups is 1. The quantitative estimate of drug-likeness (QED) is 0.675. The van der Waals surface area contributed by atoms with Crippen LogP contribution in [0.25, 0.3) is 0 Å². The van der Waals surface area contributed by atoms with Crippen molar-refractivity contribution in [2.45, 2.75) is 6.54 Å². The molecule has 3 aromatic rings. The highest BCUT2D eigenvalue weighted by atomic mass is 16.5. The minimum absolute atomic E-state index is 0.318. The fraction of sp³-hybridized carbons (Fsp3) is 0.182. The number of pyridine rings is 1. The summed E-state index contributed by atoms with van der Waals surface area (Å²) in [6, 6.07) is 19.1. The van der Waals surface area contributed by atoms with Gasteiger partial charge in [-0.05, 0) is 29.8 Å². The second kappa shape index (κ2) is 8.90. The number of nitrogens with zero attached hydrogens (tertiary/aromatic N) is 2. The van der Waals surface area contributed by atoms with Crippen LogP contribution in [-0.4, -0.2) is 32.2 Å². The number of anilines is 2. The molecule has 0 aliphatic carbocycles. The first-order chi connectivity index (χ1) is 13.6. The van der Waals surface area contributed by atoms with Gasteiger partial charge in [0.2, 0.25) is 0 Å². The fourth-order valence-electron chi connectivity index (χ4n) is 2.89. The number of carbonyl (C=O) groups excluding carboxylic acids is 1. The molecular weight excluding hydrogens is 354 g/mol. The molecule has 28 heavy (non-hydrogen) atoms. The van der Waals surface area contributed by atoms with Gasteiger partial charge in [0.25, 0.3) is 5.91 Å². The van der Waals surface area contributed by atoms with Crippen LogP contribution in [0.1, 0.15) is 15.9 Å². The van der Waals surface area contributed by atoms with Gasteiger partial charge in [-0.25, -0.2) is 4.98 Å². The van der Waals surface area contributed by atoms with Crippen LogP contribution in [0.4, 0.5) is 11.5 Å². The van der Waals surface area contributed by atoms with E-state index in [1.807, 2.05) is 42.3 Å². The first kappa shape index (κ1) is 19.2. The summed E-state index contributed by atoms with van der Waals surface area (Å²) in [5.74, 6) is 1.39. The lowest BCUT2D eigenvalue weighted by atomic mass is 10.1. The molecule has 0 spiro atoms. The van der Waals surface area contributed by atoms with Gasteiger partial charge in [0.15, 0.2) is 0 Å². The van der Waals surface area contributed by atoms with Crippen LogP contribution in [0.15, 0.2) is 66.9 Å². The predicted molar refractivity (Wildman–Crippen MR) is 110 cm³/mol. The Bertz CT molecular complexity index is 905. The van der Waals surface area contributed by atoms with Crippen molar-refractivity contribution in [1.82, 2.24) is 4.98 Å². The van der Waals surface area contributed by atoms with Crippen LogP contribution in [-0.2, 0) is 6.54 Å². The molecular formula is C22H23N3O3. The van der Waals surface area contributed by atoms with Gasteiger partial charge in [0, 0.05) is 13.6 Å². The highest BCUT2D eigenvalue weighted by molar-refractivity contribution is 6.08. The van der Waals surface area contributed by atoms with Crippen molar-refractivity contribution in [3.05, 3.63) is 78.0 Å². The lowest BCUT2D eigenvalue weighted by molar-refractivity contribution is 0.102. The standard InChI is InChI=1S/C22H23N3O3/c1-25(15-16-8-5-4-6-9-16)20-13-12-17(14-23-20)24-22(26)21-18(27-2)10-7-11-19(21)28-3/h4-14H,15H2,1-3H3,(H,24,26). The molecule has 144 valence electrons. The minimum Gasteiger partial charge on any atom is -0.496 e. The van der Waals surface area contributed by atoms with Crippen molar-refractivity contribution in [3.8, 4) is 11.5 Å². The number of ether oxygens (including phenoxy) is 2. The summed E-state index contributed by atoms with van der Waals surface area (Å²) in [6.07, 6.45) is 1.64. The highest BCUT2D eigenvalue weighted by Crippen LogP contribution is 2.29. The number of hydrogen-bond donors (Lipinski definition) is 1. The highest BCUT2D eigenvalue weighted by Gasteiger charge is 2.18. The monoisotopic (exact) mass is 377 g/mol. The van der Waals surface area contributed by atoms with Crippen molar-refractivity contribution in [1.29, 1.82) is 0 Å². The molecule has 1 N–H and O–H groups in total. The van der Waals surface area contributed by atoms with Gasteiger partial charge in [-0.3, -0.25) is 4.79 Å². The van der Waals surface area contributed by atoms with E-state index in [2.05, 4.69) is 22.4 Å². The Hall–Kier alpha value is -3.54. The maximum Gasteiger partial charge on any atom is 0.263 e. The Labute approximate surface area is 164 Å². The van der Waals surface area contributed by atoms with Crippen LogP contribution in [0.5, 0.6) is 11.5 Å². The summed E-state index contributed by atoms with van der Waals surface area (Å²) in [5.41, 5.74) is 2.14. The Morgan fingerprint density at radius 1 is 0.964 bits per heavy atom. The summed E-state index contributed by atoms with van der Waals surface area (Å²) >= 11 is 0. The molecule has 0 fully saturated rings. The molecule has 1 aromatic heterocycles. The Morgan fingerprint density at radius 2 is 1.64 bits per heavy atom. The van der Waals surface area contributed by atoms with Gasteiger partial charge in [0.1, 0.15) is 22.9 Å². The van der Waals surface area contributed by atoms with E-state index in [0.717, 1.165) is 12.4 Å². The second-order valence-corrected chi connectivity index (χ2v) is 6.24. The zero-order valence-corrected chi connectivity index (χ0v) is 16.2. The molecule has 6 heteroatoms. The van der Waals surface area contributed by atoms with Gasteiger partial charge in [-0.15, -0.1) is 0 Å². The minimum atomic E-state index is -0.318. The maximum atomic E-state index is 12.7. The van der Waals surface area contributed by atoms with Crippen molar-refractivity contribution in [2.24, 2.45) is 0 Å². The third kappa shape index (κ3) is 4.40. The zero-order valence-electron chi connectivity index (χ0n) is 16.2. The topological polar surface area (TPSA) is 63.7 Å². The van der Waals surface area contributed by atoms with E-state index in [4.69, 9.17) is 9.47 Å². The molecule has 0 saturated heterocycles. The molecule has 2 aromatic carbocycles. The first-order valence-corrected chi connectivity index (χ1v) is 8.86. The summed E-state index contributed by atoms with van der Waals surface area (Å²) in [7, 11) is 5.02. The molecule has 0 aliphatic heterocycles. The van der Waals surface area contributed by atoms with E-state index in [0.29, 0.717) is 22.7 Å². The number of hydrogen-bond acceptors (Lipinski definition) is 5. The molecule has 0 atom stereocenters. The van der Waals surface area contributed by atoms with Crippen LogP contribution in [0, 0.1) is 0 Å². The van der Waals surface area contributed by atoms with Crippen LogP contribution >= 0.6 is 0 Å². The maximum absolute atomic E-state index is 12.7. The van der Waals surface area contributed by atoms with E-state index in [-0.39, 0.29) is 5.91 Å². The van der Waals surface area contributed by atoms with Gasteiger partial charge < -0.3 is 19.7 Å².